The van der Waals surface area contributed by atoms with Gasteiger partial charge in [0.25, 0.3) is 0 Å². The molecule has 2 aromatic carbocycles. The van der Waals surface area contributed by atoms with E-state index in [0.717, 1.165) is 43.5 Å². The number of rotatable bonds is 7. The number of amides is 1. The summed E-state index contributed by atoms with van der Waals surface area (Å²) < 4.78 is 78.0. The predicted octanol–water partition coefficient (Wildman–Crippen LogP) is 6.63. The summed E-state index contributed by atoms with van der Waals surface area (Å²) in [6.07, 6.45) is -6.64. The third-order valence-corrected chi connectivity index (χ3v) is 7.46. The van der Waals surface area contributed by atoms with Crippen LogP contribution >= 0.6 is 0 Å². The number of piperazine rings is 1. The molecule has 0 saturated carbocycles. The van der Waals surface area contributed by atoms with Crippen molar-refractivity contribution in [2.75, 3.05) is 56.0 Å². The molecule has 1 amide bonds. The van der Waals surface area contributed by atoms with E-state index in [4.69, 9.17) is 5.26 Å². The zero-order valence-corrected chi connectivity index (χ0v) is 23.9. The van der Waals surface area contributed by atoms with Gasteiger partial charge >= 0.3 is 12.4 Å². The Morgan fingerprint density at radius 2 is 1.52 bits per heavy atom. The van der Waals surface area contributed by atoms with Crippen LogP contribution in [0.4, 0.5) is 37.7 Å². The van der Waals surface area contributed by atoms with E-state index in [9.17, 15) is 31.1 Å². The molecule has 6 nitrogen and oxygen atoms in total. The number of benzene rings is 2. The van der Waals surface area contributed by atoms with Gasteiger partial charge in [0.05, 0.1) is 22.8 Å². The Bertz CT molecular complexity index is 1190. The zero-order chi connectivity index (χ0) is 30.9. The fraction of sp³-hybridized carbons (Fsp3) is 0.533. The molecule has 0 radical (unpaired) electrons. The van der Waals surface area contributed by atoms with Gasteiger partial charge in [-0.3, -0.25) is 9.69 Å². The van der Waals surface area contributed by atoms with Gasteiger partial charge < -0.3 is 15.1 Å². The number of anilines is 2. The summed E-state index contributed by atoms with van der Waals surface area (Å²) in [4.78, 5) is 18.8. The van der Waals surface area contributed by atoms with E-state index in [2.05, 4.69) is 15.1 Å². The number of hydrogen-bond donors (Lipinski definition) is 1. The molecule has 230 valence electrons. The number of halogens is 6. The van der Waals surface area contributed by atoms with E-state index in [-0.39, 0.29) is 11.9 Å². The second kappa shape index (κ2) is 14.6. The van der Waals surface area contributed by atoms with Crippen molar-refractivity contribution in [3.8, 4) is 6.07 Å². The van der Waals surface area contributed by atoms with Crippen molar-refractivity contribution in [3.63, 3.8) is 0 Å². The molecule has 1 N–H and O–H groups in total. The SMILES string of the molecule is CC.N#Cc1ccc(NC2CCN(C(=O)CCCN3CCN(c4ccc(C(F)(F)F)cc4)CC3)CC2)cc1C(F)(F)F. The van der Waals surface area contributed by atoms with Crippen molar-refractivity contribution in [2.24, 2.45) is 0 Å². The largest absolute Gasteiger partial charge is 0.417 e. The topological polar surface area (TPSA) is 62.6 Å². The lowest BCUT2D eigenvalue weighted by molar-refractivity contribution is -0.138. The lowest BCUT2D eigenvalue weighted by Crippen LogP contribution is -2.47. The van der Waals surface area contributed by atoms with Crippen molar-refractivity contribution in [3.05, 3.63) is 59.2 Å². The molecule has 0 aromatic heterocycles. The maximum absolute atomic E-state index is 13.2. The molecule has 2 aliphatic rings. The number of alkyl halides is 6. The van der Waals surface area contributed by atoms with Crippen molar-refractivity contribution in [2.45, 2.75) is 57.9 Å². The summed E-state index contributed by atoms with van der Waals surface area (Å²) in [6.45, 7) is 8.71. The zero-order valence-electron chi connectivity index (χ0n) is 23.9. The second-order valence-electron chi connectivity index (χ2n) is 10.1. The molecule has 0 unspecified atom stereocenters. The van der Waals surface area contributed by atoms with Crippen molar-refractivity contribution in [1.82, 2.24) is 9.80 Å². The van der Waals surface area contributed by atoms with Crippen LogP contribution in [0.3, 0.4) is 0 Å². The minimum absolute atomic E-state index is 0.0552. The van der Waals surface area contributed by atoms with E-state index in [1.54, 1.807) is 11.0 Å². The van der Waals surface area contributed by atoms with Crippen LogP contribution in [-0.2, 0) is 17.1 Å². The van der Waals surface area contributed by atoms with Crippen LogP contribution in [-0.4, -0.2) is 67.6 Å². The standard InChI is InChI=1S/C28H31F6N5O.C2H6/c29-27(30,31)21-4-7-24(8-5-21)38-16-14-37(15-17-38)11-1-2-26(40)39-12-9-22(10-13-39)36-23-6-3-20(19-35)25(18-23)28(32,33)34;1-2/h3-8,18,22,36H,1-2,9-17H2;1-2H3. The van der Waals surface area contributed by atoms with Crippen LogP contribution < -0.4 is 10.2 Å². The highest BCUT2D eigenvalue weighted by Crippen LogP contribution is 2.34. The van der Waals surface area contributed by atoms with Gasteiger partial charge in [0, 0.05) is 63.1 Å². The molecule has 2 aromatic rings. The molecular weight excluding hydrogens is 560 g/mol. The molecule has 0 spiro atoms. The first-order chi connectivity index (χ1) is 19.9. The van der Waals surface area contributed by atoms with Crippen LogP contribution in [0.1, 0.15) is 56.2 Å². The third kappa shape index (κ3) is 9.02. The minimum atomic E-state index is -4.61. The number of carbonyl (C=O) groups is 1. The molecular formula is C30H37F6N5O. The van der Waals surface area contributed by atoms with Gasteiger partial charge in [-0.1, -0.05) is 13.8 Å². The number of nitrogens with one attached hydrogen (secondary N) is 1. The highest BCUT2D eigenvalue weighted by molar-refractivity contribution is 5.76. The molecule has 2 heterocycles. The van der Waals surface area contributed by atoms with Gasteiger partial charge in [-0.2, -0.15) is 31.6 Å². The minimum Gasteiger partial charge on any atom is -0.382 e. The van der Waals surface area contributed by atoms with Gasteiger partial charge in [-0.15, -0.1) is 0 Å². The maximum Gasteiger partial charge on any atom is 0.417 e. The van der Waals surface area contributed by atoms with Crippen LogP contribution in [0, 0.1) is 11.3 Å². The van der Waals surface area contributed by atoms with Gasteiger partial charge in [-0.05, 0) is 68.3 Å². The number of hydrogen-bond acceptors (Lipinski definition) is 5. The van der Waals surface area contributed by atoms with E-state index in [1.807, 2.05) is 13.8 Å². The molecule has 2 aliphatic heterocycles. The number of nitrogens with zero attached hydrogens (tertiary/aromatic N) is 4. The Morgan fingerprint density at radius 3 is 2.07 bits per heavy atom. The van der Waals surface area contributed by atoms with E-state index in [0.29, 0.717) is 57.5 Å². The van der Waals surface area contributed by atoms with E-state index in [1.165, 1.54) is 24.3 Å². The van der Waals surface area contributed by atoms with Gasteiger partial charge in [0.1, 0.15) is 0 Å². The quantitative estimate of drug-likeness (QED) is 0.363. The van der Waals surface area contributed by atoms with Gasteiger partial charge in [0.2, 0.25) is 5.91 Å². The van der Waals surface area contributed by atoms with Crippen molar-refractivity contribution >= 4 is 17.3 Å². The average molecular weight is 598 g/mol. The molecule has 2 fully saturated rings. The summed E-state index contributed by atoms with van der Waals surface area (Å²) in [7, 11) is 0. The number of nitriles is 1. The molecule has 0 atom stereocenters. The molecule has 4 rings (SSSR count). The first-order valence-corrected chi connectivity index (χ1v) is 14.2. The normalized spacial score (nSPS) is 16.8. The monoisotopic (exact) mass is 597 g/mol. The highest BCUT2D eigenvalue weighted by Gasteiger charge is 2.34. The van der Waals surface area contributed by atoms with Gasteiger partial charge in [-0.25, -0.2) is 0 Å². The number of likely N-dealkylation sites (tertiary alicyclic amines) is 1. The first kappa shape index (κ1) is 33.0. The van der Waals surface area contributed by atoms with E-state index < -0.39 is 29.0 Å². The smallest absolute Gasteiger partial charge is 0.382 e. The third-order valence-electron chi connectivity index (χ3n) is 7.46. The Labute approximate surface area is 242 Å². The average Bonchev–Trinajstić information content (AvgIpc) is 2.98. The Hall–Kier alpha value is -3.46. The predicted molar refractivity (Wildman–Crippen MR) is 150 cm³/mol. The summed E-state index contributed by atoms with van der Waals surface area (Å²) >= 11 is 0. The maximum atomic E-state index is 13.2. The van der Waals surface area contributed by atoms with Crippen LogP contribution in [0.15, 0.2) is 42.5 Å². The van der Waals surface area contributed by atoms with Crippen LogP contribution in [0.5, 0.6) is 0 Å². The molecule has 2 saturated heterocycles. The molecule has 42 heavy (non-hydrogen) atoms. The number of piperidine rings is 1. The fourth-order valence-electron chi connectivity index (χ4n) is 5.18. The summed E-state index contributed by atoms with van der Waals surface area (Å²) in [5, 5.41) is 12.1. The molecule has 0 aliphatic carbocycles. The molecule has 12 heteroatoms. The Morgan fingerprint density at radius 1 is 0.905 bits per heavy atom. The summed E-state index contributed by atoms with van der Waals surface area (Å²) in [6, 6.07) is 10.3. The van der Waals surface area contributed by atoms with Crippen LogP contribution in [0.25, 0.3) is 0 Å². The fourth-order valence-corrected chi connectivity index (χ4v) is 5.18. The number of carbonyl (C=O) groups excluding carboxylic acids is 1. The Kier molecular flexibility index (Phi) is 11.5. The van der Waals surface area contributed by atoms with Gasteiger partial charge in [0.15, 0.2) is 0 Å². The second-order valence-corrected chi connectivity index (χ2v) is 10.1. The van der Waals surface area contributed by atoms with E-state index >= 15 is 0 Å². The highest BCUT2D eigenvalue weighted by atomic mass is 19.4. The lowest BCUT2D eigenvalue weighted by Gasteiger charge is -2.36. The summed E-state index contributed by atoms with van der Waals surface area (Å²) in [5.74, 6) is 0.0552. The van der Waals surface area contributed by atoms with Crippen LogP contribution in [0.2, 0.25) is 0 Å². The summed E-state index contributed by atoms with van der Waals surface area (Å²) in [5.41, 5.74) is -0.978. The molecule has 0 bridgehead atoms. The van der Waals surface area contributed by atoms with Crippen molar-refractivity contribution < 1.29 is 31.1 Å². The Balaban J connectivity index is 0.00000237. The van der Waals surface area contributed by atoms with Crippen molar-refractivity contribution in [1.29, 1.82) is 5.26 Å². The first-order valence-electron chi connectivity index (χ1n) is 14.2. The lowest BCUT2D eigenvalue weighted by atomic mass is 10.0.